The van der Waals surface area contributed by atoms with Gasteiger partial charge in [-0.2, -0.15) is 4.98 Å². The molecule has 0 N–H and O–H groups in total. The zero-order chi connectivity index (χ0) is 19.2. The Labute approximate surface area is 158 Å². The van der Waals surface area contributed by atoms with E-state index < -0.39 is 0 Å². The van der Waals surface area contributed by atoms with E-state index in [9.17, 15) is 4.79 Å². The molecule has 1 aromatic heterocycles. The normalized spacial score (nSPS) is 10.4. The molecular weight excluding hydrogens is 342 g/mol. The monoisotopic (exact) mass is 363 g/mol. The summed E-state index contributed by atoms with van der Waals surface area (Å²) in [6, 6.07) is 16.6. The molecule has 27 heavy (non-hydrogen) atoms. The van der Waals surface area contributed by atoms with Crippen LogP contribution in [-0.2, 0) is 6.54 Å². The maximum Gasteiger partial charge on any atom is 0.254 e. The van der Waals surface area contributed by atoms with Crippen molar-refractivity contribution in [2.24, 2.45) is 0 Å². The molecule has 3 aromatic rings. The number of nitrogens with zero attached hydrogens (tertiary/aromatic N) is 3. The first-order valence-corrected chi connectivity index (χ1v) is 8.53. The molecule has 0 aliphatic rings. The molecule has 1 amide bonds. The minimum Gasteiger partial charge on any atom is -0.489 e. The summed E-state index contributed by atoms with van der Waals surface area (Å²) in [5, 5.41) is 3.97. The molecule has 2 aromatic carbocycles. The fraction of sp³-hybridized carbons (Fsp3) is 0.190. The van der Waals surface area contributed by atoms with E-state index in [0.717, 1.165) is 11.1 Å². The molecule has 0 spiro atoms. The van der Waals surface area contributed by atoms with Crippen LogP contribution in [0.15, 0.2) is 71.3 Å². The molecule has 3 rings (SSSR count). The van der Waals surface area contributed by atoms with Gasteiger partial charge < -0.3 is 14.2 Å². The van der Waals surface area contributed by atoms with Gasteiger partial charge in [0.15, 0.2) is 0 Å². The number of benzene rings is 2. The first-order valence-electron chi connectivity index (χ1n) is 8.53. The minimum absolute atomic E-state index is 0.157. The van der Waals surface area contributed by atoms with E-state index in [-0.39, 0.29) is 12.5 Å². The predicted octanol–water partition coefficient (Wildman–Crippen LogP) is 3.96. The summed E-state index contributed by atoms with van der Waals surface area (Å²) in [7, 11) is 1.69. The summed E-state index contributed by atoms with van der Waals surface area (Å²) in [5.74, 6) is 1.35. The molecule has 0 saturated heterocycles. The average molecular weight is 363 g/mol. The van der Waals surface area contributed by atoms with Crippen LogP contribution in [0.3, 0.4) is 0 Å². The van der Waals surface area contributed by atoms with Gasteiger partial charge in [-0.3, -0.25) is 4.79 Å². The summed E-state index contributed by atoms with van der Waals surface area (Å²) >= 11 is 0. The zero-order valence-corrected chi connectivity index (χ0v) is 15.4. The minimum atomic E-state index is -0.157. The Hall–Kier alpha value is -3.41. The molecule has 0 radical (unpaired) electrons. The van der Waals surface area contributed by atoms with Gasteiger partial charge in [0.1, 0.15) is 12.4 Å². The topological polar surface area (TPSA) is 68.5 Å². The number of carbonyl (C=O) groups excluding carboxylic acids is 1. The lowest BCUT2D eigenvalue weighted by atomic mass is 10.2. The van der Waals surface area contributed by atoms with Crippen molar-refractivity contribution in [1.29, 1.82) is 0 Å². The summed E-state index contributed by atoms with van der Waals surface area (Å²) < 4.78 is 10.9. The van der Waals surface area contributed by atoms with Gasteiger partial charge in [0, 0.05) is 18.2 Å². The SMILES string of the molecule is C=C(C)COc1cccc(C(=O)N(C)Cc2nc(-c3ccccc3)no2)c1. The molecule has 1 heterocycles. The van der Waals surface area contributed by atoms with E-state index in [1.165, 1.54) is 4.90 Å². The highest BCUT2D eigenvalue weighted by Gasteiger charge is 2.16. The fourth-order valence-electron chi connectivity index (χ4n) is 2.44. The van der Waals surface area contributed by atoms with Gasteiger partial charge in [-0.15, -0.1) is 0 Å². The van der Waals surface area contributed by atoms with Crippen LogP contribution in [0.2, 0.25) is 0 Å². The molecule has 0 bridgehead atoms. The van der Waals surface area contributed by atoms with Crippen LogP contribution in [0.1, 0.15) is 23.2 Å². The van der Waals surface area contributed by atoms with Gasteiger partial charge in [0.25, 0.3) is 5.91 Å². The Morgan fingerprint density at radius 1 is 1.19 bits per heavy atom. The lowest BCUT2D eigenvalue weighted by molar-refractivity contribution is 0.0769. The third-order valence-corrected chi connectivity index (χ3v) is 3.79. The van der Waals surface area contributed by atoms with Gasteiger partial charge in [0.05, 0.1) is 6.54 Å². The van der Waals surface area contributed by atoms with Crippen LogP contribution >= 0.6 is 0 Å². The smallest absolute Gasteiger partial charge is 0.254 e. The van der Waals surface area contributed by atoms with Crippen LogP contribution in [0.25, 0.3) is 11.4 Å². The second-order valence-electron chi connectivity index (χ2n) is 6.31. The number of ether oxygens (including phenoxy) is 1. The van der Waals surface area contributed by atoms with E-state index in [2.05, 4.69) is 16.7 Å². The van der Waals surface area contributed by atoms with Crippen LogP contribution in [0.4, 0.5) is 0 Å². The van der Waals surface area contributed by atoms with Crippen molar-refractivity contribution in [1.82, 2.24) is 15.0 Å². The summed E-state index contributed by atoms with van der Waals surface area (Å²) in [6.07, 6.45) is 0. The quantitative estimate of drug-likeness (QED) is 0.594. The number of rotatable bonds is 7. The lowest BCUT2D eigenvalue weighted by Gasteiger charge is -2.15. The predicted molar refractivity (Wildman–Crippen MR) is 102 cm³/mol. The van der Waals surface area contributed by atoms with E-state index >= 15 is 0 Å². The third-order valence-electron chi connectivity index (χ3n) is 3.79. The van der Waals surface area contributed by atoms with E-state index in [1.807, 2.05) is 43.3 Å². The fourth-order valence-corrected chi connectivity index (χ4v) is 2.44. The van der Waals surface area contributed by atoms with Crippen molar-refractivity contribution in [2.75, 3.05) is 13.7 Å². The zero-order valence-electron chi connectivity index (χ0n) is 15.4. The van der Waals surface area contributed by atoms with Crippen molar-refractivity contribution >= 4 is 5.91 Å². The number of carbonyl (C=O) groups is 1. The first-order chi connectivity index (χ1) is 13.0. The molecule has 0 aliphatic heterocycles. The molecule has 0 saturated carbocycles. The summed E-state index contributed by atoms with van der Waals surface area (Å²) in [5.41, 5.74) is 2.30. The second-order valence-corrected chi connectivity index (χ2v) is 6.31. The highest BCUT2D eigenvalue weighted by atomic mass is 16.5. The lowest BCUT2D eigenvalue weighted by Crippen LogP contribution is -2.26. The van der Waals surface area contributed by atoms with Crippen LogP contribution < -0.4 is 4.74 Å². The molecule has 0 atom stereocenters. The van der Waals surface area contributed by atoms with Crippen molar-refractivity contribution in [3.63, 3.8) is 0 Å². The molecule has 6 nitrogen and oxygen atoms in total. The highest BCUT2D eigenvalue weighted by molar-refractivity contribution is 5.94. The summed E-state index contributed by atoms with van der Waals surface area (Å²) in [6.45, 7) is 6.32. The average Bonchev–Trinajstić information content (AvgIpc) is 3.15. The maximum absolute atomic E-state index is 12.7. The largest absolute Gasteiger partial charge is 0.489 e. The van der Waals surface area contributed by atoms with E-state index in [1.54, 1.807) is 25.2 Å². The van der Waals surface area contributed by atoms with Crippen LogP contribution in [0, 0.1) is 0 Å². The first kappa shape index (κ1) is 18.4. The number of hydrogen-bond acceptors (Lipinski definition) is 5. The Bertz CT molecular complexity index is 935. The number of aromatic nitrogens is 2. The van der Waals surface area contributed by atoms with E-state index in [4.69, 9.17) is 9.26 Å². The molecule has 138 valence electrons. The van der Waals surface area contributed by atoms with Gasteiger partial charge in [-0.1, -0.05) is 48.1 Å². The highest BCUT2D eigenvalue weighted by Crippen LogP contribution is 2.18. The van der Waals surface area contributed by atoms with Gasteiger partial charge in [0.2, 0.25) is 11.7 Å². The Morgan fingerprint density at radius 3 is 2.70 bits per heavy atom. The van der Waals surface area contributed by atoms with Gasteiger partial charge in [-0.25, -0.2) is 0 Å². The number of amides is 1. The van der Waals surface area contributed by atoms with Crippen molar-refractivity contribution in [2.45, 2.75) is 13.5 Å². The van der Waals surface area contributed by atoms with Crippen molar-refractivity contribution in [3.8, 4) is 17.1 Å². The molecule has 6 heteroatoms. The van der Waals surface area contributed by atoms with Gasteiger partial charge >= 0.3 is 0 Å². The number of hydrogen-bond donors (Lipinski definition) is 0. The van der Waals surface area contributed by atoms with Crippen molar-refractivity contribution < 1.29 is 14.1 Å². The Kier molecular flexibility index (Phi) is 5.66. The summed E-state index contributed by atoms with van der Waals surface area (Å²) in [4.78, 5) is 18.6. The molecule has 0 aliphatic carbocycles. The Morgan fingerprint density at radius 2 is 1.96 bits per heavy atom. The van der Waals surface area contributed by atoms with E-state index in [0.29, 0.717) is 29.6 Å². The van der Waals surface area contributed by atoms with Gasteiger partial charge in [-0.05, 0) is 30.7 Å². The Balaban J connectivity index is 1.67. The van der Waals surface area contributed by atoms with Crippen molar-refractivity contribution in [3.05, 3.63) is 78.2 Å². The van der Waals surface area contributed by atoms with Crippen LogP contribution in [0.5, 0.6) is 5.75 Å². The molecule has 0 unspecified atom stereocenters. The maximum atomic E-state index is 12.7. The molecular formula is C21H21N3O3. The van der Waals surface area contributed by atoms with Crippen LogP contribution in [-0.4, -0.2) is 34.6 Å². The standard InChI is InChI=1S/C21H21N3O3/c1-15(2)14-26-18-11-7-10-17(12-18)21(25)24(3)13-19-22-20(23-27-19)16-8-5-4-6-9-16/h4-12H,1,13-14H2,2-3H3. The second kappa shape index (κ2) is 8.31. The third kappa shape index (κ3) is 4.82. The molecule has 0 fully saturated rings.